The summed E-state index contributed by atoms with van der Waals surface area (Å²) in [4.78, 5) is 2.47. The molecule has 0 amide bonds. The summed E-state index contributed by atoms with van der Waals surface area (Å²) in [5, 5.41) is 9.48. The number of nitrogens with zero attached hydrogens (tertiary/aromatic N) is 1. The topological polar surface area (TPSA) is 23.5 Å². The predicted molar refractivity (Wildman–Crippen MR) is 69.5 cm³/mol. The van der Waals surface area contributed by atoms with Gasteiger partial charge in [-0.15, -0.1) is 0 Å². The SMILES string of the molecule is CC1CCCN(Cc2cc(O)ccc2Br)C1. The number of aromatic hydroxyl groups is 1. The number of piperidine rings is 1. The number of rotatable bonds is 2. The van der Waals surface area contributed by atoms with Crippen molar-refractivity contribution in [1.29, 1.82) is 0 Å². The van der Waals surface area contributed by atoms with E-state index in [1.807, 2.05) is 12.1 Å². The lowest BCUT2D eigenvalue weighted by Crippen LogP contribution is -2.33. The number of phenols is 1. The van der Waals surface area contributed by atoms with Gasteiger partial charge in [-0.1, -0.05) is 22.9 Å². The largest absolute Gasteiger partial charge is 0.508 e. The van der Waals surface area contributed by atoms with Gasteiger partial charge in [-0.25, -0.2) is 0 Å². The standard InChI is InChI=1S/C13H18BrNO/c1-10-3-2-6-15(8-10)9-11-7-12(16)4-5-13(11)14/h4-5,7,10,16H,2-3,6,8-9H2,1H3. The number of likely N-dealkylation sites (tertiary alicyclic amines) is 1. The lowest BCUT2D eigenvalue weighted by molar-refractivity contribution is 0.176. The highest BCUT2D eigenvalue weighted by molar-refractivity contribution is 9.10. The number of hydrogen-bond donors (Lipinski definition) is 1. The van der Waals surface area contributed by atoms with Gasteiger partial charge in [0.15, 0.2) is 0 Å². The summed E-state index contributed by atoms with van der Waals surface area (Å²) < 4.78 is 1.09. The van der Waals surface area contributed by atoms with Crippen LogP contribution in [-0.2, 0) is 6.54 Å². The van der Waals surface area contributed by atoms with Crippen molar-refractivity contribution in [3.05, 3.63) is 28.2 Å². The molecule has 1 N–H and O–H groups in total. The molecule has 0 spiro atoms. The van der Waals surface area contributed by atoms with Gasteiger partial charge in [-0.2, -0.15) is 0 Å². The third-order valence-electron chi connectivity index (χ3n) is 3.16. The molecular weight excluding hydrogens is 266 g/mol. The van der Waals surface area contributed by atoms with Crippen LogP contribution in [0.15, 0.2) is 22.7 Å². The highest BCUT2D eigenvalue weighted by atomic mass is 79.9. The molecule has 16 heavy (non-hydrogen) atoms. The van der Waals surface area contributed by atoms with Crippen molar-refractivity contribution in [1.82, 2.24) is 4.90 Å². The summed E-state index contributed by atoms with van der Waals surface area (Å²) in [6.07, 6.45) is 2.63. The molecule has 1 aromatic rings. The first-order valence-electron chi connectivity index (χ1n) is 5.85. The molecule has 1 aliphatic rings. The van der Waals surface area contributed by atoms with E-state index < -0.39 is 0 Å². The number of phenolic OH excluding ortho intramolecular Hbond substituents is 1. The first-order chi connectivity index (χ1) is 7.65. The molecule has 1 aliphatic heterocycles. The maximum Gasteiger partial charge on any atom is 0.115 e. The zero-order valence-electron chi connectivity index (χ0n) is 9.62. The second kappa shape index (κ2) is 5.19. The van der Waals surface area contributed by atoms with E-state index >= 15 is 0 Å². The summed E-state index contributed by atoms with van der Waals surface area (Å²) in [7, 11) is 0. The van der Waals surface area contributed by atoms with Gasteiger partial charge in [0.05, 0.1) is 0 Å². The zero-order valence-corrected chi connectivity index (χ0v) is 11.2. The van der Waals surface area contributed by atoms with Gasteiger partial charge in [0.1, 0.15) is 5.75 Å². The van der Waals surface area contributed by atoms with Crippen molar-refractivity contribution >= 4 is 15.9 Å². The van der Waals surface area contributed by atoms with Crippen LogP contribution in [0.3, 0.4) is 0 Å². The van der Waals surface area contributed by atoms with Gasteiger partial charge in [0, 0.05) is 17.6 Å². The summed E-state index contributed by atoms with van der Waals surface area (Å²) in [5.74, 6) is 1.15. The van der Waals surface area contributed by atoms with Crippen LogP contribution in [0, 0.1) is 5.92 Å². The smallest absolute Gasteiger partial charge is 0.115 e. The number of benzene rings is 1. The first-order valence-corrected chi connectivity index (χ1v) is 6.64. The summed E-state index contributed by atoms with van der Waals surface area (Å²) >= 11 is 3.53. The number of hydrogen-bond acceptors (Lipinski definition) is 2. The maximum absolute atomic E-state index is 9.48. The fraction of sp³-hybridized carbons (Fsp3) is 0.538. The fourth-order valence-corrected chi connectivity index (χ4v) is 2.73. The van der Waals surface area contributed by atoms with E-state index in [-0.39, 0.29) is 0 Å². The van der Waals surface area contributed by atoms with E-state index in [1.165, 1.54) is 31.5 Å². The fourth-order valence-electron chi connectivity index (χ4n) is 2.35. The third kappa shape index (κ3) is 2.98. The minimum atomic E-state index is 0.350. The Morgan fingerprint density at radius 3 is 3.06 bits per heavy atom. The third-order valence-corrected chi connectivity index (χ3v) is 3.94. The minimum absolute atomic E-state index is 0.350. The van der Waals surface area contributed by atoms with Gasteiger partial charge in [0.25, 0.3) is 0 Å². The molecule has 0 radical (unpaired) electrons. The number of halogens is 1. The quantitative estimate of drug-likeness (QED) is 0.900. The van der Waals surface area contributed by atoms with Crippen LogP contribution in [0.1, 0.15) is 25.3 Å². The Morgan fingerprint density at radius 1 is 1.50 bits per heavy atom. The van der Waals surface area contributed by atoms with Crippen LogP contribution in [0.25, 0.3) is 0 Å². The highest BCUT2D eigenvalue weighted by Crippen LogP contribution is 2.25. The van der Waals surface area contributed by atoms with Crippen LogP contribution >= 0.6 is 15.9 Å². The maximum atomic E-state index is 9.48. The molecule has 2 rings (SSSR count). The Kier molecular flexibility index (Phi) is 3.87. The summed E-state index contributed by atoms with van der Waals surface area (Å²) in [5.41, 5.74) is 1.18. The summed E-state index contributed by atoms with van der Waals surface area (Å²) in [6, 6.07) is 5.48. The van der Waals surface area contributed by atoms with E-state index in [4.69, 9.17) is 0 Å². The van der Waals surface area contributed by atoms with E-state index in [2.05, 4.69) is 27.8 Å². The Labute approximate surface area is 105 Å². The van der Waals surface area contributed by atoms with Gasteiger partial charge in [0.2, 0.25) is 0 Å². The Hall–Kier alpha value is -0.540. The molecule has 2 nitrogen and oxygen atoms in total. The van der Waals surface area contributed by atoms with E-state index in [9.17, 15) is 5.11 Å². The monoisotopic (exact) mass is 283 g/mol. The Balaban J connectivity index is 2.05. The van der Waals surface area contributed by atoms with Crippen molar-refractivity contribution in [2.24, 2.45) is 5.92 Å². The average Bonchev–Trinajstić information content (AvgIpc) is 2.24. The minimum Gasteiger partial charge on any atom is -0.508 e. The van der Waals surface area contributed by atoms with Crippen LogP contribution in [0.2, 0.25) is 0 Å². The Morgan fingerprint density at radius 2 is 2.31 bits per heavy atom. The zero-order chi connectivity index (χ0) is 11.5. The second-order valence-corrected chi connectivity index (χ2v) is 5.61. The molecule has 0 aliphatic carbocycles. The van der Waals surface area contributed by atoms with Crippen molar-refractivity contribution in [3.8, 4) is 5.75 Å². The molecule has 1 fully saturated rings. The molecule has 0 bridgehead atoms. The van der Waals surface area contributed by atoms with Crippen LogP contribution < -0.4 is 0 Å². The van der Waals surface area contributed by atoms with Gasteiger partial charge in [-0.05, 0) is 49.1 Å². The molecule has 1 unspecified atom stereocenters. The molecule has 3 heteroatoms. The van der Waals surface area contributed by atoms with Gasteiger partial charge in [-0.3, -0.25) is 4.90 Å². The molecule has 1 aromatic carbocycles. The highest BCUT2D eigenvalue weighted by Gasteiger charge is 2.17. The molecule has 88 valence electrons. The van der Waals surface area contributed by atoms with Crippen molar-refractivity contribution in [3.63, 3.8) is 0 Å². The van der Waals surface area contributed by atoms with Crippen LogP contribution in [-0.4, -0.2) is 23.1 Å². The van der Waals surface area contributed by atoms with E-state index in [1.54, 1.807) is 6.07 Å². The van der Waals surface area contributed by atoms with E-state index in [0.717, 1.165) is 16.9 Å². The van der Waals surface area contributed by atoms with E-state index in [0.29, 0.717) is 5.75 Å². The molecular formula is C13H18BrNO. The average molecular weight is 284 g/mol. The lowest BCUT2D eigenvalue weighted by atomic mass is 10.00. The molecule has 0 aromatic heterocycles. The second-order valence-electron chi connectivity index (χ2n) is 4.76. The van der Waals surface area contributed by atoms with Gasteiger partial charge < -0.3 is 5.11 Å². The van der Waals surface area contributed by atoms with Gasteiger partial charge >= 0.3 is 0 Å². The Bertz CT molecular complexity index is 367. The van der Waals surface area contributed by atoms with Crippen LogP contribution in [0.4, 0.5) is 0 Å². The molecule has 1 heterocycles. The molecule has 1 saturated heterocycles. The van der Waals surface area contributed by atoms with Crippen molar-refractivity contribution in [2.45, 2.75) is 26.3 Å². The van der Waals surface area contributed by atoms with Crippen LogP contribution in [0.5, 0.6) is 5.75 Å². The lowest BCUT2D eigenvalue weighted by Gasteiger charge is -2.31. The van der Waals surface area contributed by atoms with Crippen molar-refractivity contribution < 1.29 is 5.11 Å². The normalized spacial score (nSPS) is 22.2. The first kappa shape index (κ1) is 11.9. The predicted octanol–water partition coefficient (Wildman–Crippen LogP) is 3.39. The summed E-state index contributed by atoms with van der Waals surface area (Å²) in [6.45, 7) is 5.58. The molecule has 1 atom stereocenters. The molecule has 0 saturated carbocycles. The van der Waals surface area contributed by atoms with Crippen molar-refractivity contribution in [2.75, 3.05) is 13.1 Å².